The zero-order valence-corrected chi connectivity index (χ0v) is 22.4. The molecule has 0 spiro atoms. The summed E-state index contributed by atoms with van der Waals surface area (Å²) < 4.78 is 39.9. The van der Waals surface area contributed by atoms with Gasteiger partial charge in [0.05, 0.1) is 19.5 Å². The van der Waals surface area contributed by atoms with Gasteiger partial charge in [-0.1, -0.05) is 19.1 Å². The number of benzene rings is 1. The fourth-order valence-corrected chi connectivity index (χ4v) is 5.13. The third-order valence-electron chi connectivity index (χ3n) is 6.00. The molecule has 11 heteroatoms. The maximum absolute atomic E-state index is 13.5. The van der Waals surface area contributed by atoms with Gasteiger partial charge < -0.3 is 9.47 Å². The van der Waals surface area contributed by atoms with E-state index in [0.717, 1.165) is 17.7 Å². The molecule has 0 saturated carbocycles. The van der Waals surface area contributed by atoms with Crippen molar-refractivity contribution >= 4 is 9.84 Å². The summed E-state index contributed by atoms with van der Waals surface area (Å²) in [6.07, 6.45) is 4.27. The lowest BCUT2D eigenvalue weighted by Crippen LogP contribution is -2.24. The summed E-state index contributed by atoms with van der Waals surface area (Å²) in [5.41, 5.74) is 2.84. The number of para-hydroxylation sites is 1. The molecule has 0 fully saturated rings. The van der Waals surface area contributed by atoms with Crippen LogP contribution in [-0.4, -0.2) is 57.6 Å². The molecule has 37 heavy (non-hydrogen) atoms. The quantitative estimate of drug-likeness (QED) is 0.308. The van der Waals surface area contributed by atoms with Crippen molar-refractivity contribution < 1.29 is 17.9 Å². The summed E-state index contributed by atoms with van der Waals surface area (Å²) in [6.45, 7) is 5.54. The van der Waals surface area contributed by atoms with Crippen molar-refractivity contribution in [2.75, 3.05) is 14.2 Å². The standard InChI is InChI=1S/C26H30N6O4S/c1-6-19-9-7-10-20(29-19)26-31-30-24(32(26)25-21(35-4)11-8-12-22(25)36-5)16-37(33,34)18(3)13-23-27-14-17(2)15-28-23/h7-12,14-15,18H,6,13,16H2,1-5H3/t18-/m1/s1. The average Bonchev–Trinajstić information content (AvgIpc) is 3.31. The second-order valence-corrected chi connectivity index (χ2v) is 11.1. The van der Waals surface area contributed by atoms with Gasteiger partial charge in [-0.2, -0.15) is 0 Å². The molecule has 0 radical (unpaired) electrons. The van der Waals surface area contributed by atoms with E-state index in [4.69, 9.17) is 14.5 Å². The van der Waals surface area contributed by atoms with E-state index in [1.165, 1.54) is 0 Å². The molecule has 0 unspecified atom stereocenters. The Balaban J connectivity index is 1.82. The van der Waals surface area contributed by atoms with Crippen LogP contribution in [0.1, 0.15) is 36.8 Å². The Morgan fingerprint density at radius 3 is 2.24 bits per heavy atom. The zero-order valence-electron chi connectivity index (χ0n) is 21.5. The van der Waals surface area contributed by atoms with Gasteiger partial charge in [-0.25, -0.2) is 23.4 Å². The van der Waals surface area contributed by atoms with Crippen LogP contribution in [0.4, 0.5) is 0 Å². The van der Waals surface area contributed by atoms with E-state index in [9.17, 15) is 8.42 Å². The van der Waals surface area contributed by atoms with E-state index < -0.39 is 15.1 Å². The highest BCUT2D eigenvalue weighted by Gasteiger charge is 2.29. The molecule has 0 aliphatic carbocycles. The van der Waals surface area contributed by atoms with Gasteiger partial charge in [-0.3, -0.25) is 4.57 Å². The summed E-state index contributed by atoms with van der Waals surface area (Å²) in [5, 5.41) is 7.94. The lowest BCUT2D eigenvalue weighted by atomic mass is 10.2. The molecule has 194 valence electrons. The molecule has 4 aromatic rings. The van der Waals surface area contributed by atoms with Gasteiger partial charge in [0.1, 0.15) is 34.5 Å². The summed E-state index contributed by atoms with van der Waals surface area (Å²) in [5.74, 6) is 1.67. The number of hydrogen-bond donors (Lipinski definition) is 0. The minimum Gasteiger partial charge on any atom is -0.494 e. The van der Waals surface area contributed by atoms with Gasteiger partial charge in [0.2, 0.25) is 0 Å². The Morgan fingerprint density at radius 1 is 0.973 bits per heavy atom. The number of nitrogens with zero attached hydrogens (tertiary/aromatic N) is 6. The van der Waals surface area contributed by atoms with Gasteiger partial charge >= 0.3 is 0 Å². The van der Waals surface area contributed by atoms with Crippen LogP contribution in [-0.2, 0) is 28.4 Å². The Hall–Kier alpha value is -3.86. The summed E-state index contributed by atoms with van der Waals surface area (Å²) in [7, 11) is -0.598. The number of methoxy groups -OCH3 is 2. The van der Waals surface area contributed by atoms with Crippen molar-refractivity contribution in [2.24, 2.45) is 0 Å². The maximum Gasteiger partial charge on any atom is 0.187 e. The first kappa shape index (κ1) is 26.2. The molecule has 0 aliphatic heterocycles. The number of hydrogen-bond acceptors (Lipinski definition) is 9. The highest BCUT2D eigenvalue weighted by atomic mass is 32.2. The van der Waals surface area contributed by atoms with Crippen molar-refractivity contribution in [1.29, 1.82) is 0 Å². The predicted octanol–water partition coefficient (Wildman–Crippen LogP) is 3.55. The third-order valence-corrected chi connectivity index (χ3v) is 8.05. The van der Waals surface area contributed by atoms with Crippen LogP contribution in [0.5, 0.6) is 11.5 Å². The Morgan fingerprint density at radius 2 is 1.62 bits per heavy atom. The number of pyridine rings is 1. The number of rotatable bonds is 10. The summed E-state index contributed by atoms with van der Waals surface area (Å²) in [6, 6.07) is 11.0. The van der Waals surface area contributed by atoms with E-state index in [0.29, 0.717) is 34.5 Å². The largest absolute Gasteiger partial charge is 0.494 e. The van der Waals surface area contributed by atoms with Crippen LogP contribution in [0.2, 0.25) is 0 Å². The van der Waals surface area contributed by atoms with Crippen LogP contribution in [0.15, 0.2) is 48.8 Å². The Labute approximate surface area is 216 Å². The lowest BCUT2D eigenvalue weighted by Gasteiger charge is -2.18. The molecular weight excluding hydrogens is 492 g/mol. The van der Waals surface area contributed by atoms with E-state index in [1.54, 1.807) is 56.3 Å². The van der Waals surface area contributed by atoms with Crippen LogP contribution >= 0.6 is 0 Å². The van der Waals surface area contributed by atoms with Crippen molar-refractivity contribution in [3.05, 3.63) is 71.7 Å². The number of aromatic nitrogens is 6. The summed E-state index contributed by atoms with van der Waals surface area (Å²) in [4.78, 5) is 13.2. The monoisotopic (exact) mass is 522 g/mol. The molecule has 1 aromatic carbocycles. The van der Waals surface area contributed by atoms with E-state index in [-0.39, 0.29) is 18.0 Å². The normalized spacial score (nSPS) is 12.4. The molecule has 0 saturated heterocycles. The molecule has 0 aliphatic rings. The second-order valence-electron chi connectivity index (χ2n) is 8.65. The molecular formula is C26H30N6O4S. The van der Waals surface area contributed by atoms with Crippen molar-refractivity contribution in [2.45, 2.75) is 44.6 Å². The second kappa shape index (κ2) is 11.0. The van der Waals surface area contributed by atoms with Gasteiger partial charge in [0.15, 0.2) is 21.5 Å². The molecule has 0 amide bonds. The van der Waals surface area contributed by atoms with Crippen molar-refractivity contribution in [3.8, 4) is 28.7 Å². The molecule has 0 bridgehead atoms. The highest BCUT2D eigenvalue weighted by molar-refractivity contribution is 7.91. The highest BCUT2D eigenvalue weighted by Crippen LogP contribution is 2.36. The molecule has 0 N–H and O–H groups in total. The van der Waals surface area contributed by atoms with Gasteiger partial charge in [0.25, 0.3) is 0 Å². The maximum atomic E-state index is 13.5. The fourth-order valence-electron chi connectivity index (χ4n) is 3.89. The lowest BCUT2D eigenvalue weighted by molar-refractivity contribution is 0.390. The first-order chi connectivity index (χ1) is 17.8. The smallest absolute Gasteiger partial charge is 0.187 e. The van der Waals surface area contributed by atoms with E-state index >= 15 is 0 Å². The van der Waals surface area contributed by atoms with Crippen LogP contribution < -0.4 is 9.47 Å². The predicted molar refractivity (Wildman–Crippen MR) is 140 cm³/mol. The molecule has 3 heterocycles. The minimum atomic E-state index is -3.68. The van der Waals surface area contributed by atoms with Crippen molar-refractivity contribution in [3.63, 3.8) is 0 Å². The van der Waals surface area contributed by atoms with Crippen LogP contribution in [0.3, 0.4) is 0 Å². The van der Waals surface area contributed by atoms with E-state index in [1.807, 2.05) is 32.0 Å². The third kappa shape index (κ3) is 5.61. The first-order valence-corrected chi connectivity index (χ1v) is 13.6. The Bertz CT molecular complexity index is 1460. The molecule has 1 atom stereocenters. The minimum absolute atomic E-state index is 0.182. The SMILES string of the molecule is CCc1cccc(-c2nnc(CS(=O)(=O)[C@H](C)Cc3ncc(C)cn3)n2-c2c(OC)cccc2OC)n1. The molecule has 3 aromatic heterocycles. The Kier molecular flexibility index (Phi) is 7.82. The number of aryl methyl sites for hydroxylation is 2. The van der Waals surface area contributed by atoms with Gasteiger partial charge in [-0.05, 0) is 50.1 Å². The molecule has 4 rings (SSSR count). The van der Waals surface area contributed by atoms with Crippen LogP contribution in [0, 0.1) is 6.92 Å². The summed E-state index contributed by atoms with van der Waals surface area (Å²) >= 11 is 0. The first-order valence-electron chi connectivity index (χ1n) is 11.9. The zero-order chi connectivity index (χ0) is 26.6. The topological polar surface area (TPSA) is 122 Å². The fraction of sp³-hybridized carbons (Fsp3) is 0.346. The number of sulfone groups is 1. The number of ether oxygens (including phenoxy) is 2. The van der Waals surface area contributed by atoms with Gasteiger partial charge in [0, 0.05) is 24.5 Å². The van der Waals surface area contributed by atoms with E-state index in [2.05, 4.69) is 20.2 Å². The van der Waals surface area contributed by atoms with Crippen molar-refractivity contribution in [1.82, 2.24) is 29.7 Å². The average molecular weight is 523 g/mol. The van der Waals surface area contributed by atoms with Crippen LogP contribution in [0.25, 0.3) is 17.2 Å². The van der Waals surface area contributed by atoms with Gasteiger partial charge in [-0.15, -0.1) is 10.2 Å². The molecule has 10 nitrogen and oxygen atoms in total.